The van der Waals surface area contributed by atoms with Crippen LogP contribution < -0.4 is 20.3 Å². The van der Waals surface area contributed by atoms with Crippen molar-refractivity contribution < 1.29 is 41.5 Å². The molecule has 3 amide bonds. The Bertz CT molecular complexity index is 3400. The summed E-state index contributed by atoms with van der Waals surface area (Å²) in [6.07, 6.45) is 2.99. The number of hydrogen-bond acceptors (Lipinski definition) is 13. The van der Waals surface area contributed by atoms with Crippen LogP contribution in [0.15, 0.2) is 84.6 Å². The first-order valence-corrected chi connectivity index (χ1v) is 30.2. The number of piperidine rings is 1. The Labute approximate surface area is 479 Å². The first-order valence-electron chi connectivity index (χ1n) is 27.5. The van der Waals surface area contributed by atoms with Crippen LogP contribution >= 0.6 is 22.9 Å². The summed E-state index contributed by atoms with van der Waals surface area (Å²) in [7, 11) is -4.22. The Morgan fingerprint density at radius 3 is 2.27 bits per heavy atom. The molecular weight excluding hydrogens is 1100 g/mol. The van der Waals surface area contributed by atoms with E-state index in [1.54, 1.807) is 23.6 Å². The highest BCUT2D eigenvalue weighted by molar-refractivity contribution is 7.90. The van der Waals surface area contributed by atoms with Crippen molar-refractivity contribution in [2.75, 3.05) is 81.6 Å². The number of carbonyl (C=O) groups is 4. The van der Waals surface area contributed by atoms with Gasteiger partial charge in [0.1, 0.15) is 29.7 Å². The number of alkyl halides is 1. The van der Waals surface area contributed by atoms with Crippen molar-refractivity contribution in [2.24, 2.45) is 11.3 Å². The van der Waals surface area contributed by atoms with Gasteiger partial charge in [-0.3, -0.25) is 33.7 Å². The number of nitrogens with one attached hydrogen (secondary N) is 4. The lowest BCUT2D eigenvalue weighted by molar-refractivity contribution is -0.144. The molecule has 3 aromatic heterocycles. The number of piperazine rings is 1. The van der Waals surface area contributed by atoms with E-state index < -0.39 is 62.2 Å². The summed E-state index contributed by atoms with van der Waals surface area (Å²) in [4.78, 5) is 76.8. The van der Waals surface area contributed by atoms with Crippen molar-refractivity contribution in [1.82, 2.24) is 44.6 Å². The number of rotatable bonds is 17. The molecule has 81 heavy (non-hydrogen) atoms. The fourth-order valence-electron chi connectivity index (χ4n) is 11.4. The van der Waals surface area contributed by atoms with Crippen molar-refractivity contribution in [3.63, 3.8) is 0 Å². The minimum absolute atomic E-state index is 0.00477. The van der Waals surface area contributed by atoms with Crippen LogP contribution in [0.2, 0.25) is 5.02 Å². The van der Waals surface area contributed by atoms with Crippen LogP contribution in [0.3, 0.4) is 0 Å². The zero-order valence-electron chi connectivity index (χ0n) is 45.8. The van der Waals surface area contributed by atoms with E-state index >= 15 is 4.39 Å². The molecule has 0 saturated carbocycles. The molecule has 5 N–H and O–H groups in total. The molecule has 0 radical (unpaired) electrons. The number of anilines is 2. The third kappa shape index (κ3) is 13.1. The molecule has 430 valence electrons. The number of aromatic amines is 1. The first-order chi connectivity index (χ1) is 38.7. The average molecular weight is 1170 g/mol. The maximum Gasteiger partial charge on any atom is 0.301 e. The summed E-state index contributed by atoms with van der Waals surface area (Å²) in [6, 6.07) is 18.1. The highest BCUT2D eigenvalue weighted by Gasteiger charge is 2.45. The molecule has 23 heteroatoms. The minimum atomic E-state index is -4.22. The molecule has 7 heterocycles. The van der Waals surface area contributed by atoms with Crippen molar-refractivity contribution in [1.29, 1.82) is 0 Å². The lowest BCUT2D eigenvalue weighted by Gasteiger charge is -2.40. The number of ketones is 1. The summed E-state index contributed by atoms with van der Waals surface area (Å²) in [5.41, 5.74) is 6.48. The van der Waals surface area contributed by atoms with Gasteiger partial charge in [0.2, 0.25) is 17.7 Å². The van der Waals surface area contributed by atoms with Crippen LogP contribution in [-0.2, 0) is 31.1 Å². The standard InChI is InChI=1S/C58H68ClF2N11O7S2/c1-35-53(80-34-65-35)39-7-5-36(6-8-39)27-64-56(76)48-26-43(73)32-72(48)57(77)54(58(2,3)4)66-49(74)33-68-18-15-37(16-19-68)30-69-21-23-70(24-22-69)42-11-9-38(10-12-42)40-25-44-45(29-63-55(44)62-28-40)52(75)50-46(61)13-14-47(51(50)59)67-81(78,79)71-20-17-41(60)31-71/h5-14,25,28-29,34,37,41,43,48,54,67,73H,15-24,26-27,30-33H2,1-4H3,(H,62,63)(H,64,76)(H,66,74)/t41-,43?,48?,54-/m1/s1. The van der Waals surface area contributed by atoms with Gasteiger partial charge in [-0.2, -0.15) is 12.7 Å². The number of aliphatic hydroxyl groups excluding tert-OH is 1. The Balaban J connectivity index is 0.678. The maximum absolute atomic E-state index is 15.4. The molecule has 0 bridgehead atoms. The SMILES string of the molecule is Cc1ncsc1-c1ccc(CNC(=O)C2CC(O)CN2C(=O)[C@@H](NC(=O)CN2CCC(CN3CCN(c4ccc(-c5cnc6[nH]cc(C(=O)c7c(F)ccc(NS(=O)(=O)N8CC[C@@H](F)C8)c7Cl)c6c5)cc4)CC3)CC2)C(C)(C)C)cc1. The number of hydrogen-bond donors (Lipinski definition) is 5. The van der Waals surface area contributed by atoms with Crippen LogP contribution in [0.25, 0.3) is 32.6 Å². The van der Waals surface area contributed by atoms with Gasteiger partial charge in [-0.05, 0) is 97.6 Å². The predicted molar refractivity (Wildman–Crippen MR) is 309 cm³/mol. The molecule has 3 aromatic carbocycles. The Morgan fingerprint density at radius 1 is 0.889 bits per heavy atom. The minimum Gasteiger partial charge on any atom is -0.391 e. The van der Waals surface area contributed by atoms with E-state index in [9.17, 15) is 37.1 Å². The average Bonchev–Trinajstić information content (AvgIpc) is 4.41. The van der Waals surface area contributed by atoms with Crippen LogP contribution in [0.5, 0.6) is 0 Å². The molecule has 6 aromatic rings. The van der Waals surface area contributed by atoms with Gasteiger partial charge in [0, 0.05) is 99.9 Å². The summed E-state index contributed by atoms with van der Waals surface area (Å²) >= 11 is 8.10. The number of likely N-dealkylation sites (tertiary alicyclic amines) is 2. The van der Waals surface area contributed by atoms with E-state index in [-0.39, 0.29) is 74.5 Å². The quantitative estimate of drug-likeness (QED) is 0.0582. The van der Waals surface area contributed by atoms with Crippen molar-refractivity contribution in [2.45, 2.75) is 84.3 Å². The van der Waals surface area contributed by atoms with E-state index in [2.05, 4.69) is 57.1 Å². The highest BCUT2D eigenvalue weighted by atomic mass is 35.5. The van der Waals surface area contributed by atoms with Crippen molar-refractivity contribution in [3.05, 3.63) is 118 Å². The first kappa shape index (κ1) is 57.8. The fourth-order valence-corrected chi connectivity index (χ4v) is 13.8. The summed E-state index contributed by atoms with van der Waals surface area (Å²) in [5.74, 6) is -2.22. The number of benzene rings is 3. The van der Waals surface area contributed by atoms with Gasteiger partial charge in [0.05, 0.1) is 45.0 Å². The number of aromatic nitrogens is 3. The molecule has 4 aliphatic heterocycles. The molecule has 18 nitrogen and oxygen atoms in total. The predicted octanol–water partition coefficient (Wildman–Crippen LogP) is 7.03. The molecular formula is C58H68ClF2N11O7S2. The van der Waals surface area contributed by atoms with Gasteiger partial charge in [-0.25, -0.2) is 18.7 Å². The van der Waals surface area contributed by atoms with E-state index in [4.69, 9.17) is 11.6 Å². The molecule has 2 unspecified atom stereocenters. The van der Waals surface area contributed by atoms with E-state index in [0.29, 0.717) is 17.0 Å². The third-order valence-electron chi connectivity index (χ3n) is 16.0. The summed E-state index contributed by atoms with van der Waals surface area (Å²) < 4.78 is 58.3. The Kier molecular flexibility index (Phi) is 17.3. The number of β-amino-alcohol motifs (C(OH)–C–C–N with tert-alkyl or cyclic N) is 1. The van der Waals surface area contributed by atoms with Crippen LogP contribution in [0.4, 0.5) is 20.2 Å². The van der Waals surface area contributed by atoms with Crippen LogP contribution in [0, 0.1) is 24.1 Å². The number of aryl methyl sites for hydroxylation is 1. The summed E-state index contributed by atoms with van der Waals surface area (Å²) in [6.45, 7) is 13.7. The van der Waals surface area contributed by atoms with Crippen LogP contribution in [-0.4, -0.2) is 167 Å². The van der Waals surface area contributed by atoms with Crippen molar-refractivity contribution in [3.8, 4) is 21.6 Å². The largest absolute Gasteiger partial charge is 0.391 e. The second-order valence-corrected chi connectivity index (χ2v) is 25.7. The topological polar surface area (TPSA) is 217 Å². The summed E-state index contributed by atoms with van der Waals surface area (Å²) in [5, 5.41) is 16.7. The van der Waals surface area contributed by atoms with Gasteiger partial charge in [-0.15, -0.1) is 11.3 Å². The van der Waals surface area contributed by atoms with Crippen molar-refractivity contribution >= 4 is 79.1 Å². The van der Waals surface area contributed by atoms with Gasteiger partial charge >= 0.3 is 10.2 Å². The zero-order chi connectivity index (χ0) is 57.3. The van der Waals surface area contributed by atoms with E-state index in [0.717, 1.165) is 114 Å². The lowest BCUT2D eigenvalue weighted by Crippen LogP contribution is -2.59. The fraction of sp³-hybridized carbons (Fsp3) is 0.448. The van der Waals surface area contributed by atoms with Crippen LogP contribution in [0.1, 0.15) is 73.6 Å². The normalized spacial score (nSPS) is 20.2. The van der Waals surface area contributed by atoms with Gasteiger partial charge in [0.25, 0.3) is 0 Å². The number of H-pyrrole nitrogens is 1. The molecule has 4 saturated heterocycles. The molecule has 4 aliphatic rings. The number of fused-ring (bicyclic) bond motifs is 1. The molecule has 0 spiro atoms. The maximum atomic E-state index is 15.4. The monoisotopic (exact) mass is 1170 g/mol. The number of pyridine rings is 1. The number of thiazole rings is 1. The number of halogens is 3. The Morgan fingerprint density at radius 2 is 1.60 bits per heavy atom. The molecule has 4 fully saturated rings. The second-order valence-electron chi connectivity index (χ2n) is 22.8. The lowest BCUT2D eigenvalue weighted by atomic mass is 9.85. The Hall–Kier alpha value is -6.40. The van der Waals surface area contributed by atoms with Gasteiger partial charge in [-0.1, -0.05) is 68.8 Å². The smallest absolute Gasteiger partial charge is 0.301 e. The van der Waals surface area contributed by atoms with Gasteiger partial charge in [0.15, 0.2) is 5.78 Å². The van der Waals surface area contributed by atoms with E-state index in [1.165, 1.54) is 11.1 Å². The molecule has 10 rings (SSSR count). The zero-order valence-corrected chi connectivity index (χ0v) is 48.1. The number of amides is 3. The number of carbonyl (C=O) groups excluding carboxylic acids is 4. The molecule has 4 atom stereocenters. The highest BCUT2D eigenvalue weighted by Crippen LogP contribution is 2.35. The second kappa shape index (κ2) is 24.2. The van der Waals surface area contributed by atoms with Gasteiger partial charge < -0.3 is 30.5 Å². The van der Waals surface area contributed by atoms with E-state index in [1.807, 2.05) is 69.6 Å². The number of aliphatic hydroxyl groups is 1. The number of nitrogens with zero attached hydrogens (tertiary/aromatic N) is 7. The molecule has 0 aliphatic carbocycles. The third-order valence-corrected chi connectivity index (χ3v) is 18.9.